The third kappa shape index (κ3) is 5.75. The van der Waals surface area contributed by atoms with Gasteiger partial charge < -0.3 is 10.0 Å². The van der Waals surface area contributed by atoms with Crippen LogP contribution in [0.15, 0.2) is 75.1 Å². The Morgan fingerprint density at radius 2 is 1.70 bits per heavy atom. The number of anilines is 1. The second-order valence-electron chi connectivity index (χ2n) is 8.73. The summed E-state index contributed by atoms with van der Waals surface area (Å²) in [5, 5.41) is 11.6. The number of benzene rings is 2. The molecule has 2 heterocycles. The van der Waals surface area contributed by atoms with Crippen molar-refractivity contribution >= 4 is 37.8 Å². The van der Waals surface area contributed by atoms with Crippen molar-refractivity contribution in [2.24, 2.45) is 0 Å². The first-order valence-electron chi connectivity index (χ1n) is 11.1. The van der Waals surface area contributed by atoms with Crippen molar-refractivity contribution < 1.29 is 35.3 Å². The van der Waals surface area contributed by atoms with Gasteiger partial charge in [0.1, 0.15) is 10.0 Å². The Morgan fingerprint density at radius 1 is 1.05 bits per heavy atom. The molecule has 0 bridgehead atoms. The third-order valence-electron chi connectivity index (χ3n) is 6.27. The normalized spacial score (nSPS) is 19.9. The first kappa shape index (κ1) is 27.7. The van der Waals surface area contributed by atoms with Crippen molar-refractivity contribution in [3.05, 3.63) is 77.4 Å². The molecule has 0 radical (unpaired) electrons. The molecule has 1 N–H and O–H groups in total. The zero-order chi connectivity index (χ0) is 27.0. The van der Waals surface area contributed by atoms with E-state index in [-0.39, 0.29) is 35.2 Å². The van der Waals surface area contributed by atoms with Gasteiger partial charge in [0.2, 0.25) is 0 Å². The standard InChI is InChI=1S/C24H24F4N2O4S3/c1-23(31,24(26,27)28)17-4-8-19(9-5-17)30-13-12-29(37(33,34)22-3-2-14-35-22)15-20(30)16-36(32)21-10-6-18(25)7-11-21/h2-11,14,20,31H,12-13,15-16H2,1H3/t20-,23?,36?/m1/s1. The summed E-state index contributed by atoms with van der Waals surface area (Å²) in [5.41, 5.74) is -2.88. The van der Waals surface area contributed by atoms with E-state index in [0.29, 0.717) is 17.5 Å². The average molecular weight is 577 g/mol. The number of rotatable bonds is 7. The van der Waals surface area contributed by atoms with Crippen LogP contribution in [0.4, 0.5) is 23.2 Å². The van der Waals surface area contributed by atoms with E-state index >= 15 is 0 Å². The third-order valence-corrected chi connectivity index (χ3v) is 11.0. The summed E-state index contributed by atoms with van der Waals surface area (Å²) >= 11 is 1.09. The van der Waals surface area contributed by atoms with Crippen LogP contribution in [0.3, 0.4) is 0 Å². The Hall–Kier alpha value is -2.32. The van der Waals surface area contributed by atoms with E-state index in [1.807, 2.05) is 0 Å². The quantitative estimate of drug-likeness (QED) is 0.424. The van der Waals surface area contributed by atoms with Crippen molar-refractivity contribution in [2.45, 2.75) is 33.8 Å². The SMILES string of the molecule is CC(O)(c1ccc(N2CCN(S(=O)(=O)c3cccs3)C[C@@H]2CS(=O)c2ccc(F)cc2)cc1)C(F)(F)F. The smallest absolute Gasteiger partial charge is 0.376 e. The molecule has 200 valence electrons. The molecule has 1 aliphatic rings. The van der Waals surface area contributed by atoms with Crippen LogP contribution in [0.5, 0.6) is 0 Å². The van der Waals surface area contributed by atoms with Crippen LogP contribution >= 0.6 is 11.3 Å². The Bertz CT molecular complexity index is 1340. The molecule has 1 fully saturated rings. The van der Waals surface area contributed by atoms with Crippen molar-refractivity contribution in [2.75, 3.05) is 30.3 Å². The molecule has 13 heteroatoms. The summed E-state index contributed by atoms with van der Waals surface area (Å²) in [6.07, 6.45) is -4.87. The molecule has 3 atom stereocenters. The summed E-state index contributed by atoms with van der Waals surface area (Å²) in [6, 6.07) is 12.9. The Kier molecular flexibility index (Phi) is 7.82. The molecule has 2 unspecified atom stereocenters. The molecule has 0 spiro atoms. The van der Waals surface area contributed by atoms with Crippen LogP contribution < -0.4 is 4.90 Å². The maximum atomic E-state index is 13.3. The van der Waals surface area contributed by atoms with E-state index < -0.39 is 44.5 Å². The van der Waals surface area contributed by atoms with Gasteiger partial charge in [0.15, 0.2) is 5.60 Å². The molecule has 1 aliphatic heterocycles. The minimum absolute atomic E-state index is 0.00408. The summed E-state index contributed by atoms with van der Waals surface area (Å²) in [7, 11) is -5.40. The number of halogens is 4. The number of alkyl halides is 3. The predicted octanol–water partition coefficient (Wildman–Crippen LogP) is 4.34. The lowest BCUT2D eigenvalue weighted by Crippen LogP contribution is -2.56. The highest BCUT2D eigenvalue weighted by atomic mass is 32.2. The van der Waals surface area contributed by atoms with Gasteiger partial charge in [0.05, 0.1) is 16.8 Å². The monoisotopic (exact) mass is 576 g/mol. The van der Waals surface area contributed by atoms with Gasteiger partial charge in [-0.2, -0.15) is 17.5 Å². The van der Waals surface area contributed by atoms with E-state index in [1.54, 1.807) is 16.3 Å². The molecule has 4 rings (SSSR count). The predicted molar refractivity (Wildman–Crippen MR) is 134 cm³/mol. The largest absolute Gasteiger partial charge is 0.421 e. The van der Waals surface area contributed by atoms with E-state index in [2.05, 4.69) is 0 Å². The number of sulfonamides is 1. The molecule has 0 amide bonds. The van der Waals surface area contributed by atoms with Crippen LogP contribution in [-0.2, 0) is 26.4 Å². The maximum absolute atomic E-state index is 13.3. The molecular weight excluding hydrogens is 552 g/mol. The zero-order valence-corrected chi connectivity index (χ0v) is 22.0. The topological polar surface area (TPSA) is 77.9 Å². The second kappa shape index (κ2) is 10.4. The summed E-state index contributed by atoms with van der Waals surface area (Å²) in [6.45, 7) is 0.979. The van der Waals surface area contributed by atoms with E-state index in [0.717, 1.165) is 11.3 Å². The van der Waals surface area contributed by atoms with Crippen LogP contribution in [0, 0.1) is 5.82 Å². The number of thiophene rings is 1. The molecule has 3 aromatic rings. The fourth-order valence-electron chi connectivity index (χ4n) is 4.06. The van der Waals surface area contributed by atoms with E-state index in [9.17, 15) is 35.3 Å². The highest BCUT2D eigenvalue weighted by Crippen LogP contribution is 2.39. The molecule has 0 aliphatic carbocycles. The fraction of sp³-hybridized carbons (Fsp3) is 0.333. The number of aliphatic hydroxyl groups is 1. The molecule has 2 aromatic carbocycles. The van der Waals surface area contributed by atoms with Gasteiger partial charge in [0, 0.05) is 36.0 Å². The first-order chi connectivity index (χ1) is 17.3. The Labute approximate surface area is 218 Å². The maximum Gasteiger partial charge on any atom is 0.421 e. The molecule has 6 nitrogen and oxygen atoms in total. The van der Waals surface area contributed by atoms with Gasteiger partial charge in [0.25, 0.3) is 10.0 Å². The van der Waals surface area contributed by atoms with Gasteiger partial charge in [-0.25, -0.2) is 12.8 Å². The zero-order valence-electron chi connectivity index (χ0n) is 19.6. The molecule has 0 saturated carbocycles. The van der Waals surface area contributed by atoms with Crippen molar-refractivity contribution in [3.8, 4) is 0 Å². The molecule has 1 aromatic heterocycles. The van der Waals surface area contributed by atoms with Crippen LogP contribution in [0.1, 0.15) is 12.5 Å². The Balaban J connectivity index is 1.63. The lowest BCUT2D eigenvalue weighted by molar-refractivity contribution is -0.258. The van der Waals surface area contributed by atoms with E-state index in [4.69, 9.17) is 0 Å². The second-order valence-corrected chi connectivity index (χ2v) is 13.3. The molecular formula is C24H24F4N2O4S3. The van der Waals surface area contributed by atoms with Gasteiger partial charge >= 0.3 is 6.18 Å². The summed E-state index contributed by atoms with van der Waals surface area (Å²) in [5.74, 6) is -0.479. The van der Waals surface area contributed by atoms with Crippen LogP contribution in [0.2, 0.25) is 0 Å². The van der Waals surface area contributed by atoms with Gasteiger partial charge in [-0.05, 0) is 60.3 Å². The average Bonchev–Trinajstić information content (AvgIpc) is 3.40. The lowest BCUT2D eigenvalue weighted by Gasteiger charge is -2.42. The lowest BCUT2D eigenvalue weighted by atomic mass is 9.95. The molecule has 1 saturated heterocycles. The van der Waals surface area contributed by atoms with Crippen molar-refractivity contribution in [1.29, 1.82) is 0 Å². The van der Waals surface area contributed by atoms with Crippen LogP contribution in [0.25, 0.3) is 0 Å². The van der Waals surface area contributed by atoms with Crippen molar-refractivity contribution in [1.82, 2.24) is 4.31 Å². The van der Waals surface area contributed by atoms with Gasteiger partial charge in [-0.15, -0.1) is 11.3 Å². The van der Waals surface area contributed by atoms with Gasteiger partial charge in [-0.1, -0.05) is 18.2 Å². The summed E-state index contributed by atoms with van der Waals surface area (Å²) < 4.78 is 94.0. The van der Waals surface area contributed by atoms with Crippen LogP contribution in [-0.4, -0.2) is 59.6 Å². The number of hydrogen-bond donors (Lipinski definition) is 1. The summed E-state index contributed by atoms with van der Waals surface area (Å²) in [4.78, 5) is 2.17. The first-order valence-corrected chi connectivity index (χ1v) is 14.8. The number of nitrogens with zero attached hydrogens (tertiary/aromatic N) is 2. The fourth-order valence-corrected chi connectivity index (χ4v) is 7.94. The minimum atomic E-state index is -4.87. The molecule has 37 heavy (non-hydrogen) atoms. The number of hydrogen-bond acceptors (Lipinski definition) is 6. The van der Waals surface area contributed by atoms with Crippen molar-refractivity contribution in [3.63, 3.8) is 0 Å². The minimum Gasteiger partial charge on any atom is -0.376 e. The highest BCUT2D eigenvalue weighted by Gasteiger charge is 2.51. The highest BCUT2D eigenvalue weighted by molar-refractivity contribution is 7.91. The number of piperazine rings is 1. The van der Waals surface area contributed by atoms with E-state index in [1.165, 1.54) is 58.9 Å². The Morgan fingerprint density at radius 3 is 2.27 bits per heavy atom. The van der Waals surface area contributed by atoms with Gasteiger partial charge in [-0.3, -0.25) is 4.21 Å².